The molecule has 122 valence electrons. The molecule has 0 aliphatic carbocycles. The molecule has 6 heteroatoms. The van der Waals surface area contributed by atoms with E-state index in [1.54, 1.807) is 13.8 Å². The first-order valence-corrected chi connectivity index (χ1v) is 7.14. The summed E-state index contributed by atoms with van der Waals surface area (Å²) in [7, 11) is 0. The quantitative estimate of drug-likeness (QED) is 0.728. The van der Waals surface area contributed by atoms with E-state index >= 15 is 0 Å². The Balaban J connectivity index is 2.57. The maximum absolute atomic E-state index is 13.0. The third-order valence-electron chi connectivity index (χ3n) is 3.22. The van der Waals surface area contributed by atoms with Gasteiger partial charge in [-0.25, -0.2) is 4.39 Å². The van der Waals surface area contributed by atoms with Crippen LogP contribution in [0.4, 0.5) is 10.1 Å². The van der Waals surface area contributed by atoms with Crippen LogP contribution in [0.5, 0.6) is 0 Å². The molecule has 0 fully saturated rings. The van der Waals surface area contributed by atoms with E-state index in [2.05, 4.69) is 10.6 Å². The van der Waals surface area contributed by atoms with Gasteiger partial charge in [-0.3, -0.25) is 9.59 Å². The number of aliphatic hydroxyl groups excluding tert-OH is 1. The minimum absolute atomic E-state index is 0.270. The predicted molar refractivity (Wildman–Crippen MR) is 82.9 cm³/mol. The van der Waals surface area contributed by atoms with Gasteiger partial charge in [-0.05, 0) is 49.4 Å². The van der Waals surface area contributed by atoms with Gasteiger partial charge in [0.2, 0.25) is 0 Å². The third-order valence-corrected chi connectivity index (χ3v) is 3.22. The number of anilines is 1. The van der Waals surface area contributed by atoms with Gasteiger partial charge in [0.1, 0.15) is 5.82 Å². The highest BCUT2D eigenvalue weighted by molar-refractivity contribution is 6.39. The lowest BCUT2D eigenvalue weighted by Gasteiger charge is -2.26. The monoisotopic (exact) mass is 310 g/mol. The molecule has 22 heavy (non-hydrogen) atoms. The summed E-state index contributed by atoms with van der Waals surface area (Å²) in [6.07, 6.45) is 0.0222. The van der Waals surface area contributed by atoms with E-state index in [9.17, 15) is 19.1 Å². The second-order valence-electron chi connectivity index (χ2n) is 6.31. The van der Waals surface area contributed by atoms with Crippen LogP contribution >= 0.6 is 0 Å². The predicted octanol–water partition coefficient (Wildman–Crippen LogP) is 1.99. The van der Waals surface area contributed by atoms with E-state index < -0.39 is 23.7 Å². The van der Waals surface area contributed by atoms with E-state index in [-0.39, 0.29) is 12.0 Å². The average molecular weight is 310 g/mol. The first-order chi connectivity index (χ1) is 10.1. The molecule has 1 unspecified atom stereocenters. The van der Waals surface area contributed by atoms with Crippen LogP contribution in [0.1, 0.15) is 32.8 Å². The summed E-state index contributed by atoms with van der Waals surface area (Å²) in [5, 5.41) is 14.4. The molecule has 0 saturated carbocycles. The van der Waals surface area contributed by atoms with Gasteiger partial charge >= 0.3 is 11.8 Å². The highest BCUT2D eigenvalue weighted by atomic mass is 19.1. The summed E-state index contributed by atoms with van der Waals surface area (Å²) in [6.45, 7) is 7.37. The van der Waals surface area contributed by atoms with Crippen LogP contribution in [-0.2, 0) is 9.59 Å². The highest BCUT2D eigenvalue weighted by Gasteiger charge is 2.23. The van der Waals surface area contributed by atoms with Crippen molar-refractivity contribution in [1.82, 2.24) is 5.32 Å². The lowest BCUT2D eigenvalue weighted by atomic mass is 9.87. The summed E-state index contributed by atoms with van der Waals surface area (Å²) < 4.78 is 13.0. The topological polar surface area (TPSA) is 78.4 Å². The standard InChI is InChI=1S/C16H23FN2O3/c1-10-7-12(17)5-6-13(10)19-15(22)14(21)18-9-16(3,4)8-11(2)20/h5-7,11,20H,8-9H2,1-4H3,(H,18,21)(H,19,22). The van der Waals surface area contributed by atoms with Crippen LogP contribution in [0.25, 0.3) is 0 Å². The molecule has 0 aliphatic heterocycles. The first kappa shape index (κ1) is 18.1. The van der Waals surface area contributed by atoms with Gasteiger partial charge in [-0.2, -0.15) is 0 Å². The number of nitrogens with one attached hydrogen (secondary N) is 2. The van der Waals surface area contributed by atoms with E-state index in [0.717, 1.165) is 0 Å². The normalized spacial score (nSPS) is 12.6. The first-order valence-electron chi connectivity index (χ1n) is 7.14. The Morgan fingerprint density at radius 2 is 1.95 bits per heavy atom. The molecule has 1 aromatic rings. The Bertz CT molecular complexity index is 556. The van der Waals surface area contributed by atoms with Crippen LogP contribution in [0.2, 0.25) is 0 Å². The van der Waals surface area contributed by atoms with Crippen molar-refractivity contribution in [1.29, 1.82) is 0 Å². The molecule has 0 aromatic heterocycles. The highest BCUT2D eigenvalue weighted by Crippen LogP contribution is 2.21. The minimum Gasteiger partial charge on any atom is -0.393 e. The summed E-state index contributed by atoms with van der Waals surface area (Å²) in [6, 6.07) is 3.90. The van der Waals surface area contributed by atoms with Crippen LogP contribution in [0.15, 0.2) is 18.2 Å². The minimum atomic E-state index is -0.803. The van der Waals surface area contributed by atoms with Crippen molar-refractivity contribution in [2.24, 2.45) is 5.41 Å². The van der Waals surface area contributed by atoms with Crippen molar-refractivity contribution in [3.8, 4) is 0 Å². The molecule has 3 N–H and O–H groups in total. The van der Waals surface area contributed by atoms with E-state index in [4.69, 9.17) is 0 Å². The molecule has 0 radical (unpaired) electrons. The summed E-state index contributed by atoms with van der Waals surface area (Å²) in [4.78, 5) is 23.6. The number of aliphatic hydroxyl groups is 1. The van der Waals surface area contributed by atoms with Crippen molar-refractivity contribution >= 4 is 17.5 Å². The lowest BCUT2D eigenvalue weighted by Crippen LogP contribution is -2.41. The molecule has 5 nitrogen and oxygen atoms in total. The number of aryl methyl sites for hydroxylation is 1. The SMILES string of the molecule is Cc1cc(F)ccc1NC(=O)C(=O)NCC(C)(C)CC(C)O. The van der Waals surface area contributed by atoms with Gasteiger partial charge in [-0.1, -0.05) is 13.8 Å². The number of halogens is 1. The van der Waals surface area contributed by atoms with E-state index in [1.807, 2.05) is 13.8 Å². The molecule has 1 rings (SSSR count). The van der Waals surface area contributed by atoms with E-state index in [1.165, 1.54) is 18.2 Å². The van der Waals surface area contributed by atoms with Gasteiger partial charge in [0, 0.05) is 12.2 Å². The van der Waals surface area contributed by atoms with Gasteiger partial charge < -0.3 is 15.7 Å². The molecule has 0 heterocycles. The number of carbonyl (C=O) groups excluding carboxylic acids is 2. The summed E-state index contributed by atoms with van der Waals surface area (Å²) in [5.74, 6) is -1.97. The van der Waals surface area contributed by atoms with Gasteiger partial charge in [0.15, 0.2) is 0 Å². The van der Waals surface area contributed by atoms with Crippen LogP contribution in [0, 0.1) is 18.2 Å². The molecule has 2 amide bonds. The summed E-state index contributed by atoms with van der Waals surface area (Å²) in [5.41, 5.74) is 0.607. The number of rotatable bonds is 5. The fourth-order valence-electron chi connectivity index (χ4n) is 2.22. The second kappa shape index (κ2) is 7.35. The molecule has 0 spiro atoms. The molecule has 1 atom stereocenters. The largest absolute Gasteiger partial charge is 0.393 e. The Morgan fingerprint density at radius 1 is 1.32 bits per heavy atom. The number of hydrogen-bond donors (Lipinski definition) is 3. The third kappa shape index (κ3) is 5.81. The molecule has 0 aliphatic rings. The van der Waals surface area contributed by atoms with Crippen LogP contribution < -0.4 is 10.6 Å². The van der Waals surface area contributed by atoms with Gasteiger partial charge in [-0.15, -0.1) is 0 Å². The maximum atomic E-state index is 13.0. The van der Waals surface area contributed by atoms with E-state index in [0.29, 0.717) is 17.7 Å². The average Bonchev–Trinajstić information content (AvgIpc) is 2.37. The fourth-order valence-corrected chi connectivity index (χ4v) is 2.22. The number of hydrogen-bond acceptors (Lipinski definition) is 3. The Hall–Kier alpha value is -1.95. The van der Waals surface area contributed by atoms with Gasteiger partial charge in [0.05, 0.1) is 6.10 Å². The summed E-state index contributed by atoms with van der Waals surface area (Å²) >= 11 is 0. The van der Waals surface area contributed by atoms with Crippen LogP contribution in [-0.4, -0.2) is 29.6 Å². The molecule has 0 saturated heterocycles. The second-order valence-corrected chi connectivity index (χ2v) is 6.31. The smallest absolute Gasteiger partial charge is 0.313 e. The number of amides is 2. The zero-order chi connectivity index (χ0) is 16.9. The van der Waals surface area contributed by atoms with Gasteiger partial charge in [0.25, 0.3) is 0 Å². The fraction of sp³-hybridized carbons (Fsp3) is 0.500. The lowest BCUT2D eigenvalue weighted by molar-refractivity contribution is -0.136. The molecular weight excluding hydrogens is 287 g/mol. The maximum Gasteiger partial charge on any atom is 0.313 e. The van der Waals surface area contributed by atoms with Crippen LogP contribution in [0.3, 0.4) is 0 Å². The number of benzene rings is 1. The van der Waals surface area contributed by atoms with Crippen molar-refractivity contribution in [2.45, 2.75) is 40.2 Å². The number of carbonyl (C=O) groups is 2. The molecular formula is C16H23FN2O3. The van der Waals surface area contributed by atoms with Crippen molar-refractivity contribution in [3.63, 3.8) is 0 Å². The molecule has 1 aromatic carbocycles. The molecule has 0 bridgehead atoms. The van der Waals surface area contributed by atoms with Crippen molar-refractivity contribution in [3.05, 3.63) is 29.6 Å². The zero-order valence-electron chi connectivity index (χ0n) is 13.4. The Morgan fingerprint density at radius 3 is 2.50 bits per heavy atom. The Kier molecular flexibility index (Phi) is 6.05. The van der Waals surface area contributed by atoms with Crippen molar-refractivity contribution < 1.29 is 19.1 Å². The Labute approximate surface area is 129 Å². The van der Waals surface area contributed by atoms with Crippen molar-refractivity contribution in [2.75, 3.05) is 11.9 Å². The zero-order valence-corrected chi connectivity index (χ0v) is 13.4.